The zero-order chi connectivity index (χ0) is 24.5. The topological polar surface area (TPSA) is 104 Å². The van der Waals surface area contributed by atoms with E-state index in [1.165, 1.54) is 7.11 Å². The van der Waals surface area contributed by atoms with Crippen molar-refractivity contribution >= 4 is 40.5 Å². The third-order valence-corrected chi connectivity index (χ3v) is 5.51. The van der Waals surface area contributed by atoms with E-state index in [1.54, 1.807) is 50.3 Å². The summed E-state index contributed by atoms with van der Waals surface area (Å²) in [6.07, 6.45) is 1.70. The number of nitrogens with zero attached hydrogens (tertiary/aromatic N) is 1. The number of ether oxygens (including phenoxy) is 4. The maximum atomic E-state index is 12.5. The standard InChI is InChI=1S/C25H25NO7S/c1-4-31-21(27)15-33-18-12-11-16(13-19(18)30-3)14-20-23(28)22(25(29)32-5-2)24(34-20)26-17-9-7-6-8-10-17/h6-14,28H,4-5,15H2,1-3H3/b20-14-,26-24?. The number of rotatable bonds is 9. The third-order valence-electron chi connectivity index (χ3n) is 4.49. The highest BCUT2D eigenvalue weighted by atomic mass is 32.2. The van der Waals surface area contributed by atoms with Crippen LogP contribution in [0.5, 0.6) is 11.5 Å². The van der Waals surface area contributed by atoms with Gasteiger partial charge in [0.15, 0.2) is 18.1 Å². The molecular weight excluding hydrogens is 458 g/mol. The molecule has 34 heavy (non-hydrogen) atoms. The Morgan fingerprint density at radius 3 is 2.44 bits per heavy atom. The fourth-order valence-corrected chi connectivity index (χ4v) is 4.03. The molecule has 2 aromatic rings. The Labute approximate surface area is 201 Å². The summed E-state index contributed by atoms with van der Waals surface area (Å²) in [5, 5.41) is 11.2. The summed E-state index contributed by atoms with van der Waals surface area (Å²) in [4.78, 5) is 29.0. The van der Waals surface area contributed by atoms with E-state index >= 15 is 0 Å². The van der Waals surface area contributed by atoms with Gasteiger partial charge in [-0.15, -0.1) is 0 Å². The lowest BCUT2D eigenvalue weighted by molar-refractivity contribution is -0.145. The van der Waals surface area contributed by atoms with Crippen LogP contribution in [0.3, 0.4) is 0 Å². The van der Waals surface area contributed by atoms with Gasteiger partial charge in [-0.05, 0) is 49.8 Å². The van der Waals surface area contributed by atoms with Crippen LogP contribution in [-0.4, -0.2) is 49.0 Å². The number of para-hydroxylation sites is 1. The van der Waals surface area contributed by atoms with E-state index in [2.05, 4.69) is 4.99 Å². The molecule has 0 atom stereocenters. The number of aliphatic hydroxyl groups excluding tert-OH is 1. The molecule has 1 heterocycles. The van der Waals surface area contributed by atoms with Gasteiger partial charge in [-0.1, -0.05) is 36.0 Å². The van der Waals surface area contributed by atoms with E-state index in [4.69, 9.17) is 18.9 Å². The molecule has 0 aliphatic carbocycles. The number of methoxy groups -OCH3 is 1. The van der Waals surface area contributed by atoms with E-state index in [1.807, 2.05) is 18.2 Å². The maximum Gasteiger partial charge on any atom is 0.344 e. The van der Waals surface area contributed by atoms with Gasteiger partial charge in [0.25, 0.3) is 0 Å². The highest BCUT2D eigenvalue weighted by molar-refractivity contribution is 8.18. The molecule has 0 radical (unpaired) electrons. The number of hydrogen-bond acceptors (Lipinski definition) is 9. The van der Waals surface area contributed by atoms with Crippen molar-refractivity contribution in [2.75, 3.05) is 26.9 Å². The van der Waals surface area contributed by atoms with Crippen LogP contribution < -0.4 is 9.47 Å². The zero-order valence-electron chi connectivity index (χ0n) is 19.1. The molecule has 0 spiro atoms. The van der Waals surface area contributed by atoms with Gasteiger partial charge in [-0.2, -0.15) is 0 Å². The highest BCUT2D eigenvalue weighted by Crippen LogP contribution is 2.41. The molecule has 3 rings (SSSR count). The van der Waals surface area contributed by atoms with Crippen molar-refractivity contribution in [2.24, 2.45) is 4.99 Å². The average molecular weight is 484 g/mol. The largest absolute Gasteiger partial charge is 0.506 e. The first kappa shape index (κ1) is 24.9. The molecule has 9 heteroatoms. The van der Waals surface area contributed by atoms with Gasteiger partial charge in [0.2, 0.25) is 0 Å². The van der Waals surface area contributed by atoms with Crippen molar-refractivity contribution in [3.63, 3.8) is 0 Å². The molecular formula is C25H25NO7S. The Kier molecular flexibility index (Phi) is 8.75. The number of hydrogen-bond donors (Lipinski definition) is 1. The predicted molar refractivity (Wildman–Crippen MR) is 131 cm³/mol. The number of carbonyl (C=O) groups excluding carboxylic acids is 2. The minimum absolute atomic E-state index is 0.0170. The van der Waals surface area contributed by atoms with E-state index < -0.39 is 11.9 Å². The van der Waals surface area contributed by atoms with Crippen molar-refractivity contribution in [3.8, 4) is 11.5 Å². The summed E-state index contributed by atoms with van der Waals surface area (Å²) in [6, 6.07) is 14.2. The number of thioether (sulfide) groups is 1. The second-order valence-corrected chi connectivity index (χ2v) is 7.84. The van der Waals surface area contributed by atoms with Gasteiger partial charge in [0, 0.05) is 0 Å². The fraction of sp³-hybridized carbons (Fsp3) is 0.240. The van der Waals surface area contributed by atoms with Crippen molar-refractivity contribution in [1.82, 2.24) is 0 Å². The fourth-order valence-electron chi connectivity index (χ4n) is 3.00. The van der Waals surface area contributed by atoms with Crippen LogP contribution in [0.2, 0.25) is 0 Å². The normalized spacial score (nSPS) is 15.5. The Morgan fingerprint density at radius 2 is 1.76 bits per heavy atom. The van der Waals surface area contributed by atoms with Gasteiger partial charge in [0.05, 0.1) is 30.9 Å². The Hall–Kier alpha value is -3.72. The van der Waals surface area contributed by atoms with Crippen molar-refractivity contribution in [1.29, 1.82) is 0 Å². The first-order valence-corrected chi connectivity index (χ1v) is 11.4. The van der Waals surface area contributed by atoms with Crippen molar-refractivity contribution in [3.05, 3.63) is 70.3 Å². The van der Waals surface area contributed by atoms with Crippen LogP contribution in [0.15, 0.2) is 69.8 Å². The molecule has 0 amide bonds. The molecule has 178 valence electrons. The lowest BCUT2D eigenvalue weighted by atomic mass is 10.1. The lowest BCUT2D eigenvalue weighted by Gasteiger charge is -2.11. The smallest absolute Gasteiger partial charge is 0.344 e. The molecule has 0 unspecified atom stereocenters. The summed E-state index contributed by atoms with van der Waals surface area (Å²) < 4.78 is 20.8. The molecule has 2 aromatic carbocycles. The Bertz CT molecular complexity index is 1140. The van der Waals surface area contributed by atoms with Crippen LogP contribution in [0.4, 0.5) is 5.69 Å². The van der Waals surface area contributed by atoms with Crippen molar-refractivity contribution in [2.45, 2.75) is 13.8 Å². The van der Waals surface area contributed by atoms with Gasteiger partial charge in [0.1, 0.15) is 16.4 Å². The lowest BCUT2D eigenvalue weighted by Crippen LogP contribution is -2.14. The zero-order valence-corrected chi connectivity index (χ0v) is 19.9. The SMILES string of the molecule is CCOC(=O)COc1ccc(/C=C2\SC(=Nc3ccccc3)C(C(=O)OCC)=C2O)cc1OC. The van der Waals surface area contributed by atoms with Crippen LogP contribution in [0.1, 0.15) is 19.4 Å². The Morgan fingerprint density at radius 1 is 1.03 bits per heavy atom. The first-order chi connectivity index (χ1) is 16.5. The molecule has 0 fully saturated rings. The van der Waals surface area contributed by atoms with E-state index in [9.17, 15) is 14.7 Å². The molecule has 1 N–H and O–H groups in total. The molecule has 1 aliphatic rings. The van der Waals surface area contributed by atoms with Gasteiger partial charge < -0.3 is 24.1 Å². The van der Waals surface area contributed by atoms with Crippen LogP contribution in [0, 0.1) is 0 Å². The van der Waals surface area contributed by atoms with Crippen LogP contribution in [-0.2, 0) is 19.1 Å². The third kappa shape index (κ3) is 6.20. The molecule has 0 saturated carbocycles. The van der Waals surface area contributed by atoms with E-state index in [0.29, 0.717) is 32.7 Å². The minimum Gasteiger partial charge on any atom is -0.506 e. The molecule has 8 nitrogen and oxygen atoms in total. The van der Waals surface area contributed by atoms with Crippen molar-refractivity contribution < 1.29 is 33.6 Å². The van der Waals surface area contributed by atoms with Gasteiger partial charge in [-0.3, -0.25) is 0 Å². The quantitative estimate of drug-likeness (QED) is 0.506. The summed E-state index contributed by atoms with van der Waals surface area (Å²) in [7, 11) is 1.48. The molecule has 0 saturated heterocycles. The highest BCUT2D eigenvalue weighted by Gasteiger charge is 2.33. The van der Waals surface area contributed by atoms with E-state index in [-0.39, 0.29) is 31.2 Å². The summed E-state index contributed by atoms with van der Waals surface area (Å²) >= 11 is 1.16. The second kappa shape index (κ2) is 11.9. The molecule has 0 bridgehead atoms. The summed E-state index contributed by atoms with van der Waals surface area (Å²) in [5.41, 5.74) is 1.34. The number of aliphatic imine (C=N–C) groups is 1. The average Bonchev–Trinajstić information content (AvgIpc) is 3.13. The second-order valence-electron chi connectivity index (χ2n) is 6.81. The predicted octanol–water partition coefficient (Wildman–Crippen LogP) is 4.83. The Balaban J connectivity index is 1.91. The van der Waals surface area contributed by atoms with E-state index in [0.717, 1.165) is 11.8 Å². The monoisotopic (exact) mass is 483 g/mol. The molecule has 1 aliphatic heterocycles. The van der Waals surface area contributed by atoms with Gasteiger partial charge in [-0.25, -0.2) is 14.6 Å². The van der Waals surface area contributed by atoms with Crippen LogP contribution in [0.25, 0.3) is 6.08 Å². The van der Waals surface area contributed by atoms with Crippen LogP contribution >= 0.6 is 11.8 Å². The number of carbonyl (C=O) groups is 2. The summed E-state index contributed by atoms with van der Waals surface area (Å²) in [6.45, 7) is 3.60. The number of aliphatic hydroxyl groups is 1. The van der Waals surface area contributed by atoms with Gasteiger partial charge >= 0.3 is 11.9 Å². The number of benzene rings is 2. The minimum atomic E-state index is -0.647. The number of esters is 2. The maximum absolute atomic E-state index is 12.5. The molecule has 0 aromatic heterocycles. The summed E-state index contributed by atoms with van der Waals surface area (Å²) in [5.74, 6) is -0.570. The first-order valence-electron chi connectivity index (χ1n) is 10.6.